The zero-order valence-corrected chi connectivity index (χ0v) is 10.8. The number of aromatic nitrogens is 2. The van der Waals surface area contributed by atoms with Crippen molar-refractivity contribution in [1.29, 1.82) is 5.26 Å². The fourth-order valence-electron chi connectivity index (χ4n) is 1.86. The Hall–Kier alpha value is -2.61. The van der Waals surface area contributed by atoms with Gasteiger partial charge in [0.2, 0.25) is 0 Å². The van der Waals surface area contributed by atoms with Gasteiger partial charge < -0.3 is 9.30 Å². The third kappa shape index (κ3) is 2.20. The summed E-state index contributed by atoms with van der Waals surface area (Å²) in [6.07, 6.45) is 0. The van der Waals surface area contributed by atoms with Crippen molar-refractivity contribution in [3.05, 3.63) is 46.4 Å². The monoisotopic (exact) mass is 255 g/mol. The van der Waals surface area contributed by atoms with Crippen LogP contribution in [-0.2, 0) is 11.8 Å². The highest BCUT2D eigenvalue weighted by Crippen LogP contribution is 2.16. The summed E-state index contributed by atoms with van der Waals surface area (Å²) in [5, 5.41) is 8.86. The van der Waals surface area contributed by atoms with Gasteiger partial charge in [-0.2, -0.15) is 5.26 Å². The lowest BCUT2D eigenvalue weighted by molar-refractivity contribution is 0.298. The molecule has 0 aromatic carbocycles. The number of nitriles is 1. The Labute approximate surface area is 110 Å². The molecule has 0 spiro atoms. The van der Waals surface area contributed by atoms with E-state index >= 15 is 0 Å². The SMILES string of the molecule is C=C(OCC)c1cc2nc(C#N)ccc2n(C)c1=O. The number of rotatable bonds is 3. The fourth-order valence-corrected chi connectivity index (χ4v) is 1.86. The summed E-state index contributed by atoms with van der Waals surface area (Å²) in [6, 6.07) is 6.87. The van der Waals surface area contributed by atoms with Crippen LogP contribution in [0.3, 0.4) is 0 Å². The van der Waals surface area contributed by atoms with E-state index in [0.29, 0.717) is 34.7 Å². The first-order valence-electron chi connectivity index (χ1n) is 5.81. The van der Waals surface area contributed by atoms with Gasteiger partial charge in [-0.15, -0.1) is 0 Å². The lowest BCUT2D eigenvalue weighted by atomic mass is 10.2. The topological polar surface area (TPSA) is 67.9 Å². The third-order valence-electron chi connectivity index (χ3n) is 2.81. The molecule has 0 fully saturated rings. The molecule has 2 aromatic heterocycles. The van der Waals surface area contributed by atoms with Crippen molar-refractivity contribution in [1.82, 2.24) is 9.55 Å². The summed E-state index contributed by atoms with van der Waals surface area (Å²) in [5.41, 5.74) is 1.70. The van der Waals surface area contributed by atoms with Gasteiger partial charge >= 0.3 is 0 Å². The van der Waals surface area contributed by atoms with Gasteiger partial charge in [0.1, 0.15) is 17.5 Å². The van der Waals surface area contributed by atoms with Gasteiger partial charge in [0.15, 0.2) is 0 Å². The van der Waals surface area contributed by atoms with Gasteiger partial charge in [-0.3, -0.25) is 4.79 Å². The Morgan fingerprint density at radius 3 is 2.95 bits per heavy atom. The molecule has 2 rings (SSSR count). The molecule has 0 bridgehead atoms. The molecule has 0 aliphatic carbocycles. The summed E-state index contributed by atoms with van der Waals surface area (Å²) in [5.74, 6) is 0.314. The first-order valence-corrected chi connectivity index (χ1v) is 5.81. The summed E-state index contributed by atoms with van der Waals surface area (Å²) >= 11 is 0. The van der Waals surface area contributed by atoms with Crippen molar-refractivity contribution < 1.29 is 4.74 Å². The largest absolute Gasteiger partial charge is 0.494 e. The normalized spacial score (nSPS) is 10.2. The number of ether oxygens (including phenoxy) is 1. The molecule has 5 heteroatoms. The second-order valence-electron chi connectivity index (χ2n) is 3.99. The molecule has 0 N–H and O–H groups in total. The van der Waals surface area contributed by atoms with E-state index in [1.165, 1.54) is 4.57 Å². The van der Waals surface area contributed by atoms with E-state index in [4.69, 9.17) is 10.00 Å². The Balaban J connectivity index is 2.74. The van der Waals surface area contributed by atoms with Crippen LogP contribution >= 0.6 is 0 Å². The van der Waals surface area contributed by atoms with Crippen molar-refractivity contribution >= 4 is 16.8 Å². The third-order valence-corrected chi connectivity index (χ3v) is 2.81. The summed E-state index contributed by atoms with van der Waals surface area (Å²) in [7, 11) is 1.65. The number of pyridine rings is 2. The maximum Gasteiger partial charge on any atom is 0.261 e. The maximum absolute atomic E-state index is 12.2. The molecule has 96 valence electrons. The smallest absolute Gasteiger partial charge is 0.261 e. The van der Waals surface area contributed by atoms with E-state index in [9.17, 15) is 4.79 Å². The number of fused-ring (bicyclic) bond motifs is 1. The van der Waals surface area contributed by atoms with Crippen LogP contribution in [0.2, 0.25) is 0 Å². The first-order chi connectivity index (χ1) is 9.08. The molecule has 0 aliphatic rings. The Kier molecular flexibility index (Phi) is 3.34. The van der Waals surface area contributed by atoms with Crippen molar-refractivity contribution in [3.8, 4) is 6.07 Å². The molecule has 5 nitrogen and oxygen atoms in total. The molecular formula is C14H13N3O2. The Morgan fingerprint density at radius 2 is 2.32 bits per heavy atom. The van der Waals surface area contributed by atoms with Crippen LogP contribution < -0.4 is 5.56 Å². The fraction of sp³-hybridized carbons (Fsp3) is 0.214. The van der Waals surface area contributed by atoms with Crippen LogP contribution in [0.25, 0.3) is 16.8 Å². The minimum absolute atomic E-state index is 0.197. The van der Waals surface area contributed by atoms with Crippen molar-refractivity contribution in [2.45, 2.75) is 6.92 Å². The van der Waals surface area contributed by atoms with Crippen molar-refractivity contribution in [3.63, 3.8) is 0 Å². The van der Waals surface area contributed by atoms with Gasteiger partial charge in [0.05, 0.1) is 23.2 Å². The molecule has 2 heterocycles. The molecule has 0 saturated heterocycles. The lowest BCUT2D eigenvalue weighted by Crippen LogP contribution is -2.21. The highest BCUT2D eigenvalue weighted by Gasteiger charge is 2.11. The summed E-state index contributed by atoms with van der Waals surface area (Å²) in [4.78, 5) is 16.4. The zero-order valence-electron chi connectivity index (χ0n) is 10.8. The van der Waals surface area contributed by atoms with E-state index in [1.807, 2.05) is 13.0 Å². The van der Waals surface area contributed by atoms with E-state index in [1.54, 1.807) is 25.2 Å². The molecule has 0 radical (unpaired) electrons. The molecule has 0 saturated carbocycles. The highest BCUT2D eigenvalue weighted by molar-refractivity contribution is 5.79. The number of hydrogen-bond donors (Lipinski definition) is 0. The summed E-state index contributed by atoms with van der Waals surface area (Å²) < 4.78 is 6.74. The van der Waals surface area contributed by atoms with Gasteiger partial charge in [0.25, 0.3) is 5.56 Å². The Bertz CT molecular complexity index is 754. The number of aryl methyl sites for hydroxylation is 1. The molecule has 0 amide bonds. The van der Waals surface area contributed by atoms with E-state index in [-0.39, 0.29) is 5.56 Å². The average molecular weight is 255 g/mol. The van der Waals surface area contributed by atoms with Gasteiger partial charge in [-0.25, -0.2) is 4.98 Å². The quantitative estimate of drug-likeness (QED) is 0.784. The van der Waals surface area contributed by atoms with Crippen molar-refractivity contribution in [2.75, 3.05) is 6.61 Å². The van der Waals surface area contributed by atoms with Crippen molar-refractivity contribution in [2.24, 2.45) is 7.05 Å². The predicted molar refractivity (Wildman–Crippen MR) is 72.4 cm³/mol. The average Bonchev–Trinajstić information content (AvgIpc) is 2.42. The van der Waals surface area contributed by atoms with Crippen LogP contribution in [0.1, 0.15) is 18.2 Å². The van der Waals surface area contributed by atoms with Crippen LogP contribution in [0.15, 0.2) is 29.6 Å². The van der Waals surface area contributed by atoms with Gasteiger partial charge in [-0.1, -0.05) is 6.58 Å². The molecule has 0 aliphatic heterocycles. The minimum Gasteiger partial charge on any atom is -0.494 e. The lowest BCUT2D eigenvalue weighted by Gasteiger charge is -2.10. The molecule has 0 atom stereocenters. The minimum atomic E-state index is -0.197. The molecule has 0 unspecified atom stereocenters. The van der Waals surface area contributed by atoms with Crippen LogP contribution in [0.5, 0.6) is 0 Å². The van der Waals surface area contributed by atoms with E-state index in [0.717, 1.165) is 0 Å². The molecule has 2 aromatic rings. The van der Waals surface area contributed by atoms with Crippen LogP contribution in [0.4, 0.5) is 0 Å². The summed E-state index contributed by atoms with van der Waals surface area (Å²) in [6.45, 7) is 6.00. The van der Waals surface area contributed by atoms with Gasteiger partial charge in [0, 0.05) is 7.05 Å². The predicted octanol–water partition coefficient (Wildman–Crippen LogP) is 1.81. The van der Waals surface area contributed by atoms with Crippen LogP contribution in [0, 0.1) is 11.3 Å². The first kappa shape index (κ1) is 12.8. The van der Waals surface area contributed by atoms with Gasteiger partial charge in [-0.05, 0) is 25.1 Å². The molecule has 19 heavy (non-hydrogen) atoms. The maximum atomic E-state index is 12.2. The second-order valence-corrected chi connectivity index (χ2v) is 3.99. The van der Waals surface area contributed by atoms with E-state index < -0.39 is 0 Å². The van der Waals surface area contributed by atoms with E-state index in [2.05, 4.69) is 11.6 Å². The Morgan fingerprint density at radius 1 is 1.58 bits per heavy atom. The highest BCUT2D eigenvalue weighted by atomic mass is 16.5. The number of nitrogens with zero attached hydrogens (tertiary/aromatic N) is 3. The van der Waals surface area contributed by atoms with Crippen LogP contribution in [-0.4, -0.2) is 16.2 Å². The second kappa shape index (κ2) is 4.94. The zero-order chi connectivity index (χ0) is 14.0. The molecular weight excluding hydrogens is 242 g/mol. The standard InChI is InChI=1S/C14H13N3O2/c1-4-19-9(2)11-7-12-13(17(3)14(11)18)6-5-10(8-15)16-12/h5-7H,2,4H2,1,3H3. The number of hydrogen-bond acceptors (Lipinski definition) is 4.